The lowest BCUT2D eigenvalue weighted by Crippen LogP contribution is -2.28. The summed E-state index contributed by atoms with van der Waals surface area (Å²) >= 11 is 0. The van der Waals surface area contributed by atoms with Crippen LogP contribution in [0.15, 0.2) is 12.4 Å². The van der Waals surface area contributed by atoms with E-state index in [1.165, 1.54) is 0 Å². The second kappa shape index (κ2) is 5.24. The van der Waals surface area contributed by atoms with Crippen LogP contribution in [0.2, 0.25) is 0 Å². The molecule has 1 aromatic rings. The number of rotatable bonds is 6. The third-order valence-electron chi connectivity index (χ3n) is 1.91. The van der Waals surface area contributed by atoms with Gasteiger partial charge in [0.2, 0.25) is 10.0 Å². The first-order chi connectivity index (χ1) is 6.97. The molecular weight excluding hydrogens is 216 g/mol. The second-order valence-electron chi connectivity index (χ2n) is 3.39. The summed E-state index contributed by atoms with van der Waals surface area (Å²) < 4.78 is 22.9. The SMILES string of the molecule is Cn1cc(CCNCCS(N)(=O)=O)cn1. The standard InChI is InChI=1S/C8H16N4O2S/c1-12-7-8(6-11-12)2-3-10-4-5-15(9,13)14/h6-7,10H,2-5H2,1H3,(H2,9,13,14). The molecule has 0 saturated heterocycles. The lowest BCUT2D eigenvalue weighted by atomic mass is 10.2. The highest BCUT2D eigenvalue weighted by Gasteiger charge is 2.01. The van der Waals surface area contributed by atoms with Gasteiger partial charge in [0.25, 0.3) is 0 Å². The van der Waals surface area contributed by atoms with Crippen LogP contribution in [0.3, 0.4) is 0 Å². The summed E-state index contributed by atoms with van der Waals surface area (Å²) in [6.07, 6.45) is 4.56. The summed E-state index contributed by atoms with van der Waals surface area (Å²) in [6.45, 7) is 1.11. The number of aromatic nitrogens is 2. The minimum absolute atomic E-state index is 0.0277. The van der Waals surface area contributed by atoms with Crippen LogP contribution in [0.25, 0.3) is 0 Å². The third kappa shape index (κ3) is 5.50. The maximum atomic E-state index is 10.6. The van der Waals surface area contributed by atoms with E-state index in [0.29, 0.717) is 6.54 Å². The Morgan fingerprint density at radius 2 is 2.27 bits per heavy atom. The Kier molecular flexibility index (Phi) is 4.25. The molecule has 7 heteroatoms. The minimum Gasteiger partial charge on any atom is -0.315 e. The van der Waals surface area contributed by atoms with E-state index in [-0.39, 0.29) is 5.75 Å². The van der Waals surface area contributed by atoms with Crippen LogP contribution in [0.5, 0.6) is 0 Å². The van der Waals surface area contributed by atoms with Crippen LogP contribution in [0, 0.1) is 0 Å². The number of primary sulfonamides is 1. The molecular formula is C8H16N4O2S. The van der Waals surface area contributed by atoms with Crippen LogP contribution in [-0.2, 0) is 23.5 Å². The summed E-state index contributed by atoms with van der Waals surface area (Å²) in [7, 11) is -1.49. The second-order valence-corrected chi connectivity index (χ2v) is 5.12. The molecule has 0 atom stereocenters. The summed E-state index contributed by atoms with van der Waals surface area (Å²) in [5, 5.41) is 11.9. The molecule has 0 aliphatic rings. The van der Waals surface area contributed by atoms with Crippen molar-refractivity contribution in [3.8, 4) is 0 Å². The average Bonchev–Trinajstić information content (AvgIpc) is 2.49. The molecule has 0 aliphatic carbocycles. The van der Waals surface area contributed by atoms with Gasteiger partial charge >= 0.3 is 0 Å². The van der Waals surface area contributed by atoms with E-state index in [1.54, 1.807) is 10.9 Å². The zero-order valence-corrected chi connectivity index (χ0v) is 9.50. The van der Waals surface area contributed by atoms with E-state index in [9.17, 15) is 8.42 Å². The van der Waals surface area contributed by atoms with Crippen molar-refractivity contribution >= 4 is 10.0 Å². The molecule has 86 valence electrons. The van der Waals surface area contributed by atoms with Gasteiger partial charge in [0, 0.05) is 19.8 Å². The molecule has 0 bridgehead atoms. The Hall–Kier alpha value is -0.920. The predicted octanol–water partition coefficient (Wildman–Crippen LogP) is -1.16. The number of nitrogens with two attached hydrogens (primary N) is 1. The molecule has 0 radical (unpaired) electrons. The van der Waals surface area contributed by atoms with Crippen molar-refractivity contribution in [2.45, 2.75) is 6.42 Å². The number of hydrogen-bond acceptors (Lipinski definition) is 4. The molecule has 0 amide bonds. The van der Waals surface area contributed by atoms with Gasteiger partial charge in [-0.05, 0) is 18.5 Å². The van der Waals surface area contributed by atoms with E-state index in [4.69, 9.17) is 5.14 Å². The van der Waals surface area contributed by atoms with Crippen LogP contribution >= 0.6 is 0 Å². The fourth-order valence-electron chi connectivity index (χ4n) is 1.17. The topological polar surface area (TPSA) is 90.0 Å². The maximum absolute atomic E-state index is 10.6. The quantitative estimate of drug-likeness (QED) is 0.605. The molecule has 15 heavy (non-hydrogen) atoms. The van der Waals surface area contributed by atoms with Crippen molar-refractivity contribution in [3.63, 3.8) is 0 Å². The predicted molar refractivity (Wildman–Crippen MR) is 57.8 cm³/mol. The Balaban J connectivity index is 2.12. The van der Waals surface area contributed by atoms with E-state index in [1.807, 2.05) is 13.2 Å². The molecule has 0 unspecified atom stereocenters. The average molecular weight is 232 g/mol. The van der Waals surface area contributed by atoms with Gasteiger partial charge < -0.3 is 5.32 Å². The Labute approximate surface area is 89.5 Å². The van der Waals surface area contributed by atoms with Gasteiger partial charge in [-0.1, -0.05) is 0 Å². The molecule has 1 rings (SSSR count). The maximum Gasteiger partial charge on any atom is 0.210 e. The van der Waals surface area contributed by atoms with Crippen molar-refractivity contribution in [2.24, 2.45) is 12.2 Å². The highest BCUT2D eigenvalue weighted by atomic mass is 32.2. The number of nitrogens with one attached hydrogen (secondary N) is 1. The first-order valence-corrected chi connectivity index (χ1v) is 6.37. The number of nitrogens with zero attached hydrogens (tertiary/aromatic N) is 2. The fraction of sp³-hybridized carbons (Fsp3) is 0.625. The monoisotopic (exact) mass is 232 g/mol. The summed E-state index contributed by atoms with van der Waals surface area (Å²) in [5.74, 6) is -0.0277. The van der Waals surface area contributed by atoms with Crippen LogP contribution in [0.1, 0.15) is 5.56 Å². The normalized spacial score (nSPS) is 11.9. The molecule has 1 heterocycles. The van der Waals surface area contributed by atoms with Crippen molar-refractivity contribution in [3.05, 3.63) is 18.0 Å². The van der Waals surface area contributed by atoms with E-state index in [0.717, 1.165) is 18.5 Å². The molecule has 0 aromatic carbocycles. The first kappa shape index (κ1) is 12.2. The number of aryl methyl sites for hydroxylation is 1. The molecule has 3 N–H and O–H groups in total. The van der Waals surface area contributed by atoms with Gasteiger partial charge in [-0.25, -0.2) is 13.6 Å². The van der Waals surface area contributed by atoms with E-state index < -0.39 is 10.0 Å². The fourth-order valence-corrected chi connectivity index (χ4v) is 1.60. The van der Waals surface area contributed by atoms with Crippen molar-refractivity contribution < 1.29 is 8.42 Å². The summed E-state index contributed by atoms with van der Waals surface area (Å²) in [5.41, 5.74) is 1.13. The highest BCUT2D eigenvalue weighted by molar-refractivity contribution is 7.89. The Morgan fingerprint density at radius 1 is 1.53 bits per heavy atom. The largest absolute Gasteiger partial charge is 0.315 e. The Morgan fingerprint density at radius 3 is 2.80 bits per heavy atom. The van der Waals surface area contributed by atoms with Gasteiger partial charge in [-0.2, -0.15) is 5.10 Å². The number of hydrogen-bond donors (Lipinski definition) is 2. The molecule has 6 nitrogen and oxygen atoms in total. The van der Waals surface area contributed by atoms with Crippen LogP contribution < -0.4 is 10.5 Å². The van der Waals surface area contributed by atoms with Gasteiger partial charge in [0.05, 0.1) is 11.9 Å². The zero-order chi connectivity index (χ0) is 11.3. The molecule has 1 aromatic heterocycles. The summed E-state index contributed by atoms with van der Waals surface area (Å²) in [4.78, 5) is 0. The van der Waals surface area contributed by atoms with Gasteiger partial charge in [0.15, 0.2) is 0 Å². The first-order valence-electron chi connectivity index (χ1n) is 4.66. The molecule has 0 spiro atoms. The lowest BCUT2D eigenvalue weighted by molar-refractivity contribution is 0.592. The van der Waals surface area contributed by atoms with Crippen molar-refractivity contribution in [1.82, 2.24) is 15.1 Å². The van der Waals surface area contributed by atoms with E-state index in [2.05, 4.69) is 10.4 Å². The molecule has 0 fully saturated rings. The highest BCUT2D eigenvalue weighted by Crippen LogP contribution is 1.95. The van der Waals surface area contributed by atoms with Crippen LogP contribution in [-0.4, -0.2) is 37.0 Å². The zero-order valence-electron chi connectivity index (χ0n) is 8.68. The number of sulfonamides is 1. The minimum atomic E-state index is -3.34. The van der Waals surface area contributed by atoms with Crippen LogP contribution in [0.4, 0.5) is 0 Å². The molecule has 0 aliphatic heterocycles. The Bertz CT molecular complexity index is 399. The summed E-state index contributed by atoms with van der Waals surface area (Å²) in [6, 6.07) is 0. The smallest absolute Gasteiger partial charge is 0.210 e. The van der Waals surface area contributed by atoms with Gasteiger partial charge in [0.1, 0.15) is 0 Å². The third-order valence-corrected chi connectivity index (χ3v) is 2.69. The van der Waals surface area contributed by atoms with Crippen molar-refractivity contribution in [1.29, 1.82) is 0 Å². The van der Waals surface area contributed by atoms with Gasteiger partial charge in [-0.15, -0.1) is 0 Å². The van der Waals surface area contributed by atoms with Crippen molar-refractivity contribution in [2.75, 3.05) is 18.8 Å². The molecule has 0 saturated carbocycles. The van der Waals surface area contributed by atoms with E-state index >= 15 is 0 Å². The lowest BCUT2D eigenvalue weighted by Gasteiger charge is -2.01. The van der Waals surface area contributed by atoms with Gasteiger partial charge in [-0.3, -0.25) is 4.68 Å².